The molecule has 41 heavy (non-hydrogen) atoms. The Kier molecular flexibility index (Phi) is 7.32. The molecular weight excluding hydrogens is 570 g/mol. The van der Waals surface area contributed by atoms with Crippen LogP contribution in [0.15, 0.2) is 24.3 Å². The quantitative estimate of drug-likeness (QED) is 0.280. The lowest BCUT2D eigenvalue weighted by Crippen LogP contribution is -2.29. The number of anilines is 2. The fourth-order valence-corrected chi connectivity index (χ4v) is 6.63. The zero-order valence-corrected chi connectivity index (χ0v) is 24.1. The molecule has 2 aliphatic rings. The normalized spacial score (nSPS) is 16.9. The minimum absolute atomic E-state index is 0.00925. The molecule has 1 unspecified atom stereocenters. The van der Waals surface area contributed by atoms with Crippen molar-refractivity contribution in [3.8, 4) is 29.0 Å². The second-order valence-corrected chi connectivity index (χ2v) is 11.7. The first-order chi connectivity index (χ1) is 19.8. The fourth-order valence-electron chi connectivity index (χ4n) is 5.35. The number of hydrogen-bond acceptors (Lipinski definition) is 9. The van der Waals surface area contributed by atoms with Crippen molar-refractivity contribution in [2.75, 3.05) is 51.0 Å². The third-order valence-corrected chi connectivity index (χ3v) is 8.74. The van der Waals surface area contributed by atoms with Gasteiger partial charge in [0.15, 0.2) is 11.6 Å². The lowest BCUT2D eigenvalue weighted by Gasteiger charge is -2.23. The maximum atomic E-state index is 16.8. The second-order valence-electron chi connectivity index (χ2n) is 10.3. The van der Waals surface area contributed by atoms with Crippen LogP contribution in [-0.4, -0.2) is 61.3 Å². The monoisotopic (exact) mass is 596 g/mol. The molecule has 0 aliphatic carbocycles. The highest BCUT2D eigenvalue weighted by Crippen LogP contribution is 2.50. The van der Waals surface area contributed by atoms with Crippen LogP contribution in [0.25, 0.3) is 32.1 Å². The van der Waals surface area contributed by atoms with Gasteiger partial charge in [0.05, 0.1) is 27.2 Å². The van der Waals surface area contributed by atoms with E-state index < -0.39 is 11.6 Å². The third kappa shape index (κ3) is 4.80. The van der Waals surface area contributed by atoms with Gasteiger partial charge < -0.3 is 25.0 Å². The molecule has 2 aromatic carbocycles. The number of fused-ring (bicyclic) bond motifs is 2. The second kappa shape index (κ2) is 10.9. The molecule has 0 radical (unpaired) electrons. The lowest BCUT2D eigenvalue weighted by atomic mass is 9.96. The zero-order chi connectivity index (χ0) is 28.8. The van der Waals surface area contributed by atoms with Crippen LogP contribution < -0.4 is 20.1 Å². The van der Waals surface area contributed by atoms with Gasteiger partial charge in [-0.2, -0.15) is 15.2 Å². The number of nitrogens with two attached hydrogens (primary N) is 1. The van der Waals surface area contributed by atoms with Crippen LogP contribution in [-0.2, 0) is 0 Å². The van der Waals surface area contributed by atoms with Crippen molar-refractivity contribution < 1.29 is 18.3 Å². The average molecular weight is 597 g/mol. The molecule has 0 spiro atoms. The molecule has 2 aliphatic heterocycles. The van der Waals surface area contributed by atoms with E-state index in [0.717, 1.165) is 30.7 Å². The van der Waals surface area contributed by atoms with Crippen LogP contribution in [0.3, 0.4) is 0 Å². The summed E-state index contributed by atoms with van der Waals surface area (Å²) in [6, 6.07) is 4.71. The van der Waals surface area contributed by atoms with Crippen LogP contribution in [0.1, 0.15) is 24.8 Å². The van der Waals surface area contributed by atoms with E-state index in [4.69, 9.17) is 31.8 Å². The summed E-state index contributed by atoms with van der Waals surface area (Å²) in [6.45, 7) is 2.19. The van der Waals surface area contributed by atoms with E-state index >= 15 is 4.39 Å². The number of ether oxygens (including phenoxy) is 2. The van der Waals surface area contributed by atoms with Crippen molar-refractivity contribution in [1.82, 2.24) is 14.9 Å². The molecule has 12 heteroatoms. The molecule has 0 saturated carbocycles. The Morgan fingerprint density at radius 2 is 2.05 bits per heavy atom. The molecule has 2 N–H and O–H groups in total. The number of nitrogen functional groups attached to an aromatic ring is 1. The predicted octanol–water partition coefficient (Wildman–Crippen LogP) is 6.14. The largest absolute Gasteiger partial charge is 0.489 e. The summed E-state index contributed by atoms with van der Waals surface area (Å²) < 4.78 is 44.2. The third-order valence-electron chi connectivity index (χ3n) is 7.35. The Hall–Kier alpha value is -3.72. The fraction of sp³-hybridized carbons (Fsp3) is 0.345. The maximum absolute atomic E-state index is 16.8. The highest BCUT2D eigenvalue weighted by Gasteiger charge is 2.32. The predicted molar refractivity (Wildman–Crippen MR) is 158 cm³/mol. The number of aromatic nitrogens is 2. The number of benzene rings is 2. The molecule has 8 nitrogen and oxygen atoms in total. The summed E-state index contributed by atoms with van der Waals surface area (Å²) in [4.78, 5) is 13.4. The van der Waals surface area contributed by atoms with Gasteiger partial charge in [-0.1, -0.05) is 29.8 Å². The van der Waals surface area contributed by atoms with E-state index in [1.807, 2.05) is 25.1 Å². The van der Waals surface area contributed by atoms with Gasteiger partial charge in [-0.05, 0) is 38.6 Å². The van der Waals surface area contributed by atoms with Gasteiger partial charge in [-0.25, -0.2) is 8.78 Å². The first kappa shape index (κ1) is 27.4. The standard InChI is InChI=1S/C29H27ClF2N6O2S/c1-37(2)11-9-15-6-4-3-5-10-38-12-13-39-25-21-24(35-29(40-15)36-28(21)38)23(32)20(22(25)30)16-7-8-18(31)26-19(16)17(14-33)27(34)41-26/h3-4,7-8,15H,5-6,9-13,34H2,1-2H3. The minimum Gasteiger partial charge on any atom is -0.489 e. The molecule has 0 fully saturated rings. The molecule has 0 saturated heterocycles. The van der Waals surface area contributed by atoms with E-state index in [2.05, 4.69) is 22.0 Å². The molecular formula is C29H27ClF2N6O2S. The topological polar surface area (TPSA) is 101 Å². The molecule has 2 bridgehead atoms. The molecule has 6 rings (SSSR count). The molecule has 4 heterocycles. The smallest absolute Gasteiger partial charge is 0.319 e. The molecule has 212 valence electrons. The SMILES string of the molecule is CN(C)CCC1CC=CCCN2CCOc3c(Cl)c(-c4ccc(F)c5sc(N)c(C#N)c45)c(F)c4nc(nc2c34)O1. The minimum atomic E-state index is -0.743. The first-order valence-electron chi connectivity index (χ1n) is 13.3. The van der Waals surface area contributed by atoms with Crippen LogP contribution in [0.4, 0.5) is 19.6 Å². The van der Waals surface area contributed by atoms with E-state index in [0.29, 0.717) is 30.7 Å². The van der Waals surface area contributed by atoms with Crippen molar-refractivity contribution in [3.63, 3.8) is 0 Å². The van der Waals surface area contributed by atoms with Gasteiger partial charge in [0.1, 0.15) is 40.9 Å². The lowest BCUT2D eigenvalue weighted by molar-refractivity contribution is 0.166. The van der Waals surface area contributed by atoms with Gasteiger partial charge in [0, 0.05) is 30.5 Å². The van der Waals surface area contributed by atoms with Gasteiger partial charge in [0.2, 0.25) is 0 Å². The van der Waals surface area contributed by atoms with Crippen LogP contribution in [0, 0.1) is 23.0 Å². The Balaban J connectivity index is 1.63. The highest BCUT2D eigenvalue weighted by molar-refractivity contribution is 7.23. The summed E-state index contributed by atoms with van der Waals surface area (Å²) >= 11 is 7.85. The van der Waals surface area contributed by atoms with Gasteiger partial charge >= 0.3 is 6.01 Å². The van der Waals surface area contributed by atoms with Crippen LogP contribution in [0.5, 0.6) is 11.8 Å². The first-order valence-corrected chi connectivity index (χ1v) is 14.5. The average Bonchev–Trinajstić information content (AvgIpc) is 3.16. The summed E-state index contributed by atoms with van der Waals surface area (Å²) in [5.41, 5.74) is 6.27. The van der Waals surface area contributed by atoms with E-state index in [9.17, 15) is 9.65 Å². The van der Waals surface area contributed by atoms with Crippen molar-refractivity contribution in [3.05, 3.63) is 46.5 Å². The van der Waals surface area contributed by atoms with Crippen molar-refractivity contribution in [2.24, 2.45) is 0 Å². The Morgan fingerprint density at radius 3 is 2.83 bits per heavy atom. The number of halogens is 3. The summed E-state index contributed by atoms with van der Waals surface area (Å²) in [6.07, 6.45) is 6.15. The van der Waals surface area contributed by atoms with Gasteiger partial charge in [0.25, 0.3) is 0 Å². The summed E-state index contributed by atoms with van der Waals surface area (Å²) in [5.74, 6) is -0.594. The number of thiophene rings is 1. The molecule has 1 atom stereocenters. The van der Waals surface area contributed by atoms with Gasteiger partial charge in [-0.3, -0.25) is 0 Å². The van der Waals surface area contributed by atoms with Crippen LogP contribution in [0.2, 0.25) is 5.02 Å². The number of rotatable bonds is 4. The molecule has 2 aromatic heterocycles. The Bertz CT molecular complexity index is 1750. The van der Waals surface area contributed by atoms with E-state index in [1.165, 1.54) is 12.1 Å². The number of hydrogen-bond donors (Lipinski definition) is 1. The zero-order valence-electron chi connectivity index (χ0n) is 22.5. The summed E-state index contributed by atoms with van der Waals surface area (Å²) in [7, 11) is 3.99. The van der Waals surface area contributed by atoms with E-state index in [-0.39, 0.29) is 66.8 Å². The van der Waals surface area contributed by atoms with Crippen molar-refractivity contribution >= 4 is 54.7 Å². The highest BCUT2D eigenvalue weighted by atomic mass is 35.5. The van der Waals surface area contributed by atoms with Crippen molar-refractivity contribution in [2.45, 2.75) is 25.4 Å². The van der Waals surface area contributed by atoms with Gasteiger partial charge in [-0.15, -0.1) is 11.3 Å². The van der Waals surface area contributed by atoms with E-state index in [1.54, 1.807) is 0 Å². The Labute approximate surface area is 244 Å². The maximum Gasteiger partial charge on any atom is 0.319 e. The van der Waals surface area contributed by atoms with Crippen molar-refractivity contribution in [1.29, 1.82) is 5.26 Å². The summed E-state index contributed by atoms with van der Waals surface area (Å²) in [5, 5.41) is 10.5. The Morgan fingerprint density at radius 1 is 1.22 bits per heavy atom. The number of nitrogens with zero attached hydrogens (tertiary/aromatic N) is 5. The molecule has 4 aromatic rings. The molecule has 0 amide bonds. The van der Waals surface area contributed by atoms with Crippen LogP contribution >= 0.6 is 22.9 Å². The number of nitriles is 1.